The molecule has 0 saturated heterocycles. The number of halogens is 1. The van der Waals surface area contributed by atoms with Gasteiger partial charge in [-0.25, -0.2) is 9.82 Å². The van der Waals surface area contributed by atoms with Crippen LogP contribution in [0.25, 0.3) is 10.8 Å². The largest absolute Gasteiger partial charge is 0.488 e. The molecule has 6 heteroatoms. The molecular weight excluding hydrogens is 431 g/mol. The Labute approximate surface area is 197 Å². The molecule has 34 heavy (non-hydrogen) atoms. The lowest BCUT2D eigenvalue weighted by Gasteiger charge is -2.12. The van der Waals surface area contributed by atoms with E-state index in [1.54, 1.807) is 18.3 Å². The van der Waals surface area contributed by atoms with Crippen LogP contribution in [0.3, 0.4) is 0 Å². The molecule has 5 nitrogen and oxygen atoms in total. The molecule has 172 valence electrons. The van der Waals surface area contributed by atoms with E-state index in [4.69, 9.17) is 9.47 Å². The minimum absolute atomic E-state index is 0.147. The number of rotatable bonds is 9. The quantitative estimate of drug-likeness (QED) is 0.262. The molecule has 0 aliphatic carbocycles. The summed E-state index contributed by atoms with van der Waals surface area (Å²) in [5, 5.41) is 6.08. The van der Waals surface area contributed by atoms with Gasteiger partial charge in [-0.15, -0.1) is 0 Å². The normalized spacial score (nSPS) is 11.0. The average molecular weight is 457 g/mol. The van der Waals surface area contributed by atoms with E-state index in [-0.39, 0.29) is 24.9 Å². The predicted octanol–water partition coefficient (Wildman–Crippen LogP) is 5.65. The van der Waals surface area contributed by atoms with Gasteiger partial charge in [0.05, 0.1) is 6.21 Å². The lowest BCUT2D eigenvalue weighted by atomic mass is 10.0. The van der Waals surface area contributed by atoms with Gasteiger partial charge in [0.25, 0.3) is 5.91 Å². The molecule has 0 radical (unpaired) electrons. The number of aryl methyl sites for hydroxylation is 1. The number of amides is 1. The highest BCUT2D eigenvalue weighted by Gasteiger charge is 2.09. The maximum atomic E-state index is 13.2. The van der Waals surface area contributed by atoms with Crippen molar-refractivity contribution in [1.29, 1.82) is 0 Å². The van der Waals surface area contributed by atoms with Crippen LogP contribution in [-0.2, 0) is 17.8 Å². The molecule has 0 fully saturated rings. The molecule has 0 aromatic heterocycles. The molecule has 0 saturated carbocycles. The van der Waals surface area contributed by atoms with Crippen LogP contribution < -0.4 is 14.9 Å². The van der Waals surface area contributed by atoms with E-state index in [1.807, 2.05) is 60.7 Å². The average Bonchev–Trinajstić information content (AvgIpc) is 2.88. The first-order valence-corrected chi connectivity index (χ1v) is 11.0. The van der Waals surface area contributed by atoms with E-state index >= 15 is 0 Å². The highest BCUT2D eigenvalue weighted by molar-refractivity contribution is 6.02. The van der Waals surface area contributed by atoms with Gasteiger partial charge in [0.2, 0.25) is 0 Å². The Hall–Kier alpha value is -4.19. The van der Waals surface area contributed by atoms with E-state index in [2.05, 4.69) is 17.5 Å². The van der Waals surface area contributed by atoms with Crippen molar-refractivity contribution in [2.24, 2.45) is 5.10 Å². The van der Waals surface area contributed by atoms with E-state index in [1.165, 1.54) is 17.7 Å². The van der Waals surface area contributed by atoms with Gasteiger partial charge in [-0.05, 0) is 58.7 Å². The molecule has 1 amide bonds. The van der Waals surface area contributed by atoms with Gasteiger partial charge in [0, 0.05) is 5.56 Å². The van der Waals surface area contributed by atoms with Gasteiger partial charge in [-0.2, -0.15) is 5.10 Å². The second kappa shape index (κ2) is 11.1. The molecule has 0 unspecified atom stereocenters. The predicted molar refractivity (Wildman–Crippen MR) is 132 cm³/mol. The standard InChI is InChI=1S/C28H25FN2O3/c1-2-20-9-14-24(15-10-20)33-19-28(32)31-30-17-26-25-6-4-3-5-22(25)11-16-27(26)34-18-21-7-12-23(29)13-8-21/h3-17H,2,18-19H2,1H3,(H,31,32). The van der Waals surface area contributed by atoms with Crippen molar-refractivity contribution in [3.05, 3.63) is 107 Å². The van der Waals surface area contributed by atoms with Crippen LogP contribution in [-0.4, -0.2) is 18.7 Å². The van der Waals surface area contributed by atoms with Crippen molar-refractivity contribution in [2.75, 3.05) is 6.61 Å². The van der Waals surface area contributed by atoms with Crippen molar-refractivity contribution in [1.82, 2.24) is 5.43 Å². The number of nitrogens with one attached hydrogen (secondary N) is 1. The molecule has 0 bridgehead atoms. The van der Waals surface area contributed by atoms with Crippen LogP contribution in [0, 0.1) is 5.82 Å². The number of carbonyl (C=O) groups excluding carboxylic acids is 1. The number of carbonyl (C=O) groups is 1. The molecule has 0 spiro atoms. The van der Waals surface area contributed by atoms with Crippen molar-refractivity contribution in [3.63, 3.8) is 0 Å². The fourth-order valence-corrected chi connectivity index (χ4v) is 3.45. The van der Waals surface area contributed by atoms with Gasteiger partial charge in [-0.3, -0.25) is 4.79 Å². The first-order chi connectivity index (χ1) is 16.6. The first kappa shape index (κ1) is 23.0. The summed E-state index contributed by atoms with van der Waals surface area (Å²) in [5.74, 6) is 0.569. The summed E-state index contributed by atoms with van der Waals surface area (Å²) in [6, 6.07) is 25.5. The zero-order valence-electron chi connectivity index (χ0n) is 18.8. The van der Waals surface area contributed by atoms with E-state index in [0.717, 1.165) is 28.3 Å². The fraction of sp³-hybridized carbons (Fsp3) is 0.143. The third-order valence-electron chi connectivity index (χ3n) is 5.32. The zero-order chi connectivity index (χ0) is 23.8. The van der Waals surface area contributed by atoms with Crippen LogP contribution in [0.4, 0.5) is 4.39 Å². The topological polar surface area (TPSA) is 59.9 Å². The maximum Gasteiger partial charge on any atom is 0.277 e. The lowest BCUT2D eigenvalue weighted by Crippen LogP contribution is -2.24. The van der Waals surface area contributed by atoms with Crippen LogP contribution in [0.5, 0.6) is 11.5 Å². The van der Waals surface area contributed by atoms with Gasteiger partial charge in [0.15, 0.2) is 6.61 Å². The molecular formula is C28H25FN2O3. The summed E-state index contributed by atoms with van der Waals surface area (Å²) in [6.45, 7) is 2.21. The molecule has 4 aromatic carbocycles. The number of nitrogens with zero attached hydrogens (tertiary/aromatic N) is 1. The molecule has 0 aliphatic heterocycles. The van der Waals surface area contributed by atoms with E-state index in [0.29, 0.717) is 11.5 Å². The third-order valence-corrected chi connectivity index (χ3v) is 5.32. The van der Waals surface area contributed by atoms with E-state index in [9.17, 15) is 9.18 Å². The van der Waals surface area contributed by atoms with Crippen LogP contribution >= 0.6 is 0 Å². The van der Waals surface area contributed by atoms with Crippen LogP contribution in [0.2, 0.25) is 0 Å². The Morgan fingerprint density at radius 1 is 0.912 bits per heavy atom. The summed E-state index contributed by atoms with van der Waals surface area (Å²) >= 11 is 0. The maximum absolute atomic E-state index is 13.2. The molecule has 0 atom stereocenters. The SMILES string of the molecule is CCc1ccc(OCC(=O)NN=Cc2c(OCc3ccc(F)cc3)ccc3ccccc23)cc1. The fourth-order valence-electron chi connectivity index (χ4n) is 3.45. The molecule has 4 rings (SSSR count). The molecule has 4 aromatic rings. The van der Waals surface area contributed by atoms with Crippen LogP contribution in [0.1, 0.15) is 23.6 Å². The molecule has 0 aliphatic rings. The van der Waals surface area contributed by atoms with Gasteiger partial charge >= 0.3 is 0 Å². The van der Waals surface area contributed by atoms with Crippen molar-refractivity contribution in [3.8, 4) is 11.5 Å². The molecule has 0 heterocycles. The summed E-state index contributed by atoms with van der Waals surface area (Å²) < 4.78 is 24.7. The minimum Gasteiger partial charge on any atom is -0.488 e. The highest BCUT2D eigenvalue weighted by Crippen LogP contribution is 2.27. The number of benzene rings is 4. The number of fused-ring (bicyclic) bond motifs is 1. The van der Waals surface area contributed by atoms with Gasteiger partial charge < -0.3 is 9.47 Å². The molecule has 1 N–H and O–H groups in total. The summed E-state index contributed by atoms with van der Waals surface area (Å²) in [7, 11) is 0. The lowest BCUT2D eigenvalue weighted by molar-refractivity contribution is -0.123. The van der Waals surface area contributed by atoms with E-state index < -0.39 is 0 Å². The smallest absolute Gasteiger partial charge is 0.277 e. The second-order valence-corrected chi connectivity index (χ2v) is 7.69. The van der Waals surface area contributed by atoms with Crippen molar-refractivity contribution >= 4 is 22.9 Å². The Kier molecular flexibility index (Phi) is 7.50. The van der Waals surface area contributed by atoms with Crippen molar-refractivity contribution < 1.29 is 18.7 Å². The first-order valence-electron chi connectivity index (χ1n) is 11.0. The Balaban J connectivity index is 1.43. The Bertz CT molecular complexity index is 1290. The third kappa shape index (κ3) is 5.98. The monoisotopic (exact) mass is 456 g/mol. The number of hydrazone groups is 1. The minimum atomic E-state index is -0.371. The zero-order valence-corrected chi connectivity index (χ0v) is 18.8. The van der Waals surface area contributed by atoms with Gasteiger partial charge in [-0.1, -0.05) is 61.5 Å². The summed E-state index contributed by atoms with van der Waals surface area (Å²) in [6.07, 6.45) is 2.51. The summed E-state index contributed by atoms with van der Waals surface area (Å²) in [4.78, 5) is 12.2. The Morgan fingerprint density at radius 2 is 1.65 bits per heavy atom. The van der Waals surface area contributed by atoms with Crippen LogP contribution in [0.15, 0.2) is 90.0 Å². The van der Waals surface area contributed by atoms with Crippen molar-refractivity contribution in [2.45, 2.75) is 20.0 Å². The Morgan fingerprint density at radius 3 is 2.41 bits per heavy atom. The number of hydrogen-bond donors (Lipinski definition) is 1. The number of ether oxygens (including phenoxy) is 2. The highest BCUT2D eigenvalue weighted by atomic mass is 19.1. The van der Waals surface area contributed by atoms with Gasteiger partial charge in [0.1, 0.15) is 23.9 Å². The summed E-state index contributed by atoms with van der Waals surface area (Å²) in [5.41, 5.74) is 5.28. The second-order valence-electron chi connectivity index (χ2n) is 7.69. The number of hydrogen-bond acceptors (Lipinski definition) is 4.